The predicted molar refractivity (Wildman–Crippen MR) is 68.1 cm³/mol. The Balaban J connectivity index is 2.19. The third-order valence-electron chi connectivity index (χ3n) is 2.61. The number of aromatic nitrogens is 1. The molecule has 0 N–H and O–H groups in total. The number of pyridine rings is 1. The van der Waals surface area contributed by atoms with E-state index in [1.807, 2.05) is 0 Å². The summed E-state index contributed by atoms with van der Waals surface area (Å²) in [5.41, 5.74) is -0.00690. The van der Waals surface area contributed by atoms with E-state index in [2.05, 4.69) is 0 Å². The molecule has 0 radical (unpaired) electrons. The highest BCUT2D eigenvalue weighted by Gasteiger charge is 2.10. The molecule has 19 heavy (non-hydrogen) atoms. The van der Waals surface area contributed by atoms with Crippen LogP contribution in [0.5, 0.6) is 0 Å². The number of nitrogens with zero attached hydrogens (tertiary/aromatic N) is 2. The summed E-state index contributed by atoms with van der Waals surface area (Å²) in [5, 5.41) is 10.5. The molecule has 0 atom stereocenters. The molecule has 6 heteroatoms. The summed E-state index contributed by atoms with van der Waals surface area (Å²) in [7, 11) is 0. The maximum absolute atomic E-state index is 11.9. The van der Waals surface area contributed by atoms with Crippen molar-refractivity contribution in [1.29, 1.82) is 0 Å². The van der Waals surface area contributed by atoms with Crippen LogP contribution in [-0.4, -0.2) is 15.3 Å². The molecule has 96 valence electrons. The van der Waals surface area contributed by atoms with E-state index in [0.717, 1.165) is 0 Å². The number of carbonyl (C=O) groups excluding carboxylic acids is 1. The van der Waals surface area contributed by atoms with Crippen LogP contribution in [0.25, 0.3) is 0 Å². The Morgan fingerprint density at radius 2 is 1.84 bits per heavy atom. The van der Waals surface area contributed by atoms with Crippen molar-refractivity contribution in [3.05, 3.63) is 74.7 Å². The first-order chi connectivity index (χ1) is 9.08. The highest BCUT2D eigenvalue weighted by atomic mass is 16.6. The standard InChI is InChI=1S/C13H10N2O4/c16-12(9-14-8-2-1-3-13(14)17)10-4-6-11(7-5-10)15(18)19/h1-8H,9H2. The van der Waals surface area contributed by atoms with Crippen molar-refractivity contribution in [2.45, 2.75) is 6.54 Å². The number of hydrogen-bond acceptors (Lipinski definition) is 4. The van der Waals surface area contributed by atoms with Crippen molar-refractivity contribution in [2.24, 2.45) is 0 Å². The van der Waals surface area contributed by atoms with E-state index < -0.39 is 4.92 Å². The molecule has 0 amide bonds. The van der Waals surface area contributed by atoms with Crippen molar-refractivity contribution in [3.63, 3.8) is 0 Å². The minimum absolute atomic E-state index is 0.0755. The zero-order chi connectivity index (χ0) is 13.8. The fourth-order valence-electron chi connectivity index (χ4n) is 1.61. The Morgan fingerprint density at radius 3 is 2.42 bits per heavy atom. The fourth-order valence-corrected chi connectivity index (χ4v) is 1.61. The number of nitro benzene ring substituents is 1. The molecule has 1 heterocycles. The second-order valence-corrected chi connectivity index (χ2v) is 3.89. The van der Waals surface area contributed by atoms with E-state index in [1.54, 1.807) is 12.1 Å². The van der Waals surface area contributed by atoms with Crippen molar-refractivity contribution < 1.29 is 9.72 Å². The van der Waals surface area contributed by atoms with Crippen LogP contribution >= 0.6 is 0 Å². The third kappa shape index (κ3) is 2.92. The number of benzene rings is 1. The predicted octanol–water partition coefficient (Wildman–Crippen LogP) is 1.64. The lowest BCUT2D eigenvalue weighted by atomic mass is 10.1. The number of hydrogen-bond donors (Lipinski definition) is 0. The van der Waals surface area contributed by atoms with Gasteiger partial charge < -0.3 is 4.57 Å². The van der Waals surface area contributed by atoms with Crippen LogP contribution in [0.4, 0.5) is 5.69 Å². The van der Waals surface area contributed by atoms with Gasteiger partial charge in [-0.1, -0.05) is 6.07 Å². The summed E-state index contributed by atoms with van der Waals surface area (Å²) >= 11 is 0. The zero-order valence-electron chi connectivity index (χ0n) is 9.85. The van der Waals surface area contributed by atoms with Gasteiger partial charge in [0.1, 0.15) is 0 Å². The first-order valence-corrected chi connectivity index (χ1v) is 5.51. The lowest BCUT2D eigenvalue weighted by Crippen LogP contribution is -2.22. The second kappa shape index (κ2) is 5.26. The van der Waals surface area contributed by atoms with Crippen molar-refractivity contribution in [1.82, 2.24) is 4.57 Å². The number of rotatable bonds is 4. The van der Waals surface area contributed by atoms with E-state index >= 15 is 0 Å². The van der Waals surface area contributed by atoms with Gasteiger partial charge in [-0.05, 0) is 18.2 Å². The summed E-state index contributed by atoms with van der Waals surface area (Å²) in [4.78, 5) is 33.3. The molecule has 0 aliphatic carbocycles. The van der Waals surface area contributed by atoms with E-state index in [1.165, 1.54) is 41.1 Å². The first kappa shape index (κ1) is 12.7. The smallest absolute Gasteiger partial charge is 0.269 e. The van der Waals surface area contributed by atoms with Crippen LogP contribution in [0.3, 0.4) is 0 Å². The normalized spacial score (nSPS) is 10.1. The monoisotopic (exact) mass is 258 g/mol. The molecule has 0 saturated carbocycles. The van der Waals surface area contributed by atoms with Gasteiger partial charge in [0.2, 0.25) is 0 Å². The molecular weight excluding hydrogens is 248 g/mol. The van der Waals surface area contributed by atoms with Crippen LogP contribution in [0, 0.1) is 10.1 Å². The lowest BCUT2D eigenvalue weighted by Gasteiger charge is -2.04. The van der Waals surface area contributed by atoms with Gasteiger partial charge in [-0.3, -0.25) is 19.7 Å². The van der Waals surface area contributed by atoms with Gasteiger partial charge in [-0.2, -0.15) is 0 Å². The van der Waals surface area contributed by atoms with Crippen LogP contribution in [0.2, 0.25) is 0 Å². The summed E-state index contributed by atoms with van der Waals surface area (Å²) in [6.45, 7) is -0.0858. The number of Topliss-reactive ketones (excluding diaryl/α,β-unsaturated/α-hetero) is 1. The van der Waals surface area contributed by atoms with E-state index in [-0.39, 0.29) is 23.6 Å². The molecular formula is C13H10N2O4. The van der Waals surface area contributed by atoms with Crippen molar-refractivity contribution >= 4 is 11.5 Å². The van der Waals surface area contributed by atoms with E-state index in [9.17, 15) is 19.7 Å². The first-order valence-electron chi connectivity index (χ1n) is 5.51. The van der Waals surface area contributed by atoms with Crippen molar-refractivity contribution in [3.8, 4) is 0 Å². The molecule has 1 aromatic heterocycles. The summed E-state index contributed by atoms with van der Waals surface area (Å²) in [5.74, 6) is -0.275. The van der Waals surface area contributed by atoms with Gasteiger partial charge in [-0.15, -0.1) is 0 Å². The quantitative estimate of drug-likeness (QED) is 0.474. The van der Waals surface area contributed by atoms with Gasteiger partial charge >= 0.3 is 0 Å². The van der Waals surface area contributed by atoms with E-state index in [0.29, 0.717) is 5.56 Å². The average Bonchev–Trinajstić information content (AvgIpc) is 2.41. The maximum atomic E-state index is 11.9. The Morgan fingerprint density at radius 1 is 1.16 bits per heavy atom. The number of non-ortho nitro benzene ring substituents is 1. The van der Waals surface area contributed by atoms with Crippen LogP contribution < -0.4 is 5.56 Å². The molecule has 0 bridgehead atoms. The summed E-state index contributed by atoms with van der Waals surface area (Å²) < 4.78 is 1.28. The van der Waals surface area contributed by atoms with Gasteiger partial charge in [0.05, 0.1) is 11.5 Å². The number of ketones is 1. The van der Waals surface area contributed by atoms with Gasteiger partial charge in [-0.25, -0.2) is 0 Å². The zero-order valence-corrected chi connectivity index (χ0v) is 9.85. The molecule has 0 spiro atoms. The van der Waals surface area contributed by atoms with Crippen molar-refractivity contribution in [2.75, 3.05) is 0 Å². The highest BCUT2D eigenvalue weighted by Crippen LogP contribution is 2.12. The topological polar surface area (TPSA) is 82.2 Å². The fraction of sp³-hybridized carbons (Fsp3) is 0.0769. The Labute approximate surface area is 108 Å². The molecule has 0 fully saturated rings. The minimum atomic E-state index is -0.532. The third-order valence-corrected chi connectivity index (χ3v) is 2.61. The largest absolute Gasteiger partial charge is 0.308 e. The van der Waals surface area contributed by atoms with Gasteiger partial charge in [0.25, 0.3) is 11.2 Å². The Hall–Kier alpha value is -2.76. The van der Waals surface area contributed by atoms with Crippen LogP contribution in [0.15, 0.2) is 53.5 Å². The van der Waals surface area contributed by atoms with Gasteiger partial charge in [0, 0.05) is 30.0 Å². The summed E-state index contributed by atoms with van der Waals surface area (Å²) in [6.07, 6.45) is 1.52. The minimum Gasteiger partial charge on any atom is -0.308 e. The van der Waals surface area contributed by atoms with Gasteiger partial charge in [0.15, 0.2) is 5.78 Å². The van der Waals surface area contributed by atoms with Crippen LogP contribution in [0.1, 0.15) is 10.4 Å². The molecule has 1 aromatic carbocycles. The molecule has 0 aliphatic rings. The SMILES string of the molecule is O=C(Cn1ccccc1=O)c1ccc([N+](=O)[O-])cc1. The molecule has 2 aromatic rings. The molecule has 0 saturated heterocycles. The molecule has 6 nitrogen and oxygen atoms in total. The lowest BCUT2D eigenvalue weighted by molar-refractivity contribution is -0.384. The number of nitro groups is 1. The second-order valence-electron chi connectivity index (χ2n) is 3.89. The molecule has 2 rings (SSSR count). The Bertz CT molecular complexity index is 674. The van der Waals surface area contributed by atoms with Crippen LogP contribution in [-0.2, 0) is 6.54 Å². The maximum Gasteiger partial charge on any atom is 0.269 e. The Kier molecular flexibility index (Phi) is 3.51. The number of carbonyl (C=O) groups is 1. The highest BCUT2D eigenvalue weighted by molar-refractivity contribution is 5.96. The summed E-state index contributed by atoms with van der Waals surface area (Å²) in [6, 6.07) is 9.91. The average molecular weight is 258 g/mol. The van der Waals surface area contributed by atoms with E-state index in [4.69, 9.17) is 0 Å². The molecule has 0 unspecified atom stereocenters. The molecule has 0 aliphatic heterocycles.